The van der Waals surface area contributed by atoms with Crippen molar-refractivity contribution in [1.29, 1.82) is 0 Å². The van der Waals surface area contributed by atoms with Crippen LogP contribution in [-0.2, 0) is 6.54 Å². The van der Waals surface area contributed by atoms with Crippen LogP contribution in [0.15, 0.2) is 47.1 Å². The molecule has 26 heavy (non-hydrogen) atoms. The van der Waals surface area contributed by atoms with Crippen molar-refractivity contribution in [2.45, 2.75) is 32.4 Å². The second-order valence-corrected chi connectivity index (χ2v) is 6.75. The molecule has 0 radical (unpaired) electrons. The van der Waals surface area contributed by atoms with Gasteiger partial charge in [0, 0.05) is 35.9 Å². The summed E-state index contributed by atoms with van der Waals surface area (Å²) in [7, 11) is 0. The van der Waals surface area contributed by atoms with Gasteiger partial charge in [-0.15, -0.1) is 0 Å². The molecule has 1 atom stereocenters. The van der Waals surface area contributed by atoms with Gasteiger partial charge in [-0.25, -0.2) is 0 Å². The summed E-state index contributed by atoms with van der Waals surface area (Å²) < 4.78 is 7.33. The van der Waals surface area contributed by atoms with Crippen LogP contribution in [0, 0.1) is 0 Å². The molecule has 0 spiro atoms. The molecule has 134 valence electrons. The van der Waals surface area contributed by atoms with Crippen LogP contribution in [0.2, 0.25) is 5.02 Å². The Morgan fingerprint density at radius 1 is 1.31 bits per heavy atom. The normalized spacial score (nSPS) is 17.0. The smallest absolute Gasteiger partial charge is 0.276 e. The zero-order valence-electron chi connectivity index (χ0n) is 14.4. The first-order valence-corrected chi connectivity index (χ1v) is 9.10. The second kappa shape index (κ2) is 6.96. The average Bonchev–Trinajstić information content (AvgIpc) is 3.40. The highest BCUT2D eigenvalue weighted by Crippen LogP contribution is 2.33. The van der Waals surface area contributed by atoms with Gasteiger partial charge in [-0.1, -0.05) is 16.8 Å². The van der Waals surface area contributed by atoms with Crippen molar-refractivity contribution < 1.29 is 9.32 Å². The Bertz CT molecular complexity index is 916. The lowest BCUT2D eigenvalue weighted by Gasteiger charge is -2.24. The van der Waals surface area contributed by atoms with Crippen molar-refractivity contribution in [2.75, 3.05) is 6.54 Å². The van der Waals surface area contributed by atoms with Gasteiger partial charge in [0.05, 0.1) is 11.7 Å². The molecule has 1 amide bonds. The Kier molecular flexibility index (Phi) is 4.51. The molecule has 3 heterocycles. The fourth-order valence-corrected chi connectivity index (χ4v) is 3.61. The van der Waals surface area contributed by atoms with Crippen molar-refractivity contribution in [3.63, 3.8) is 0 Å². The lowest BCUT2D eigenvalue weighted by molar-refractivity contribution is 0.0719. The lowest BCUT2D eigenvalue weighted by Crippen LogP contribution is -2.32. The number of halogens is 1. The number of hydrogen-bond donors (Lipinski definition) is 0. The van der Waals surface area contributed by atoms with Gasteiger partial charge in [0.2, 0.25) is 0 Å². The summed E-state index contributed by atoms with van der Waals surface area (Å²) in [4.78, 5) is 14.9. The topological polar surface area (TPSA) is 64.2 Å². The quantitative estimate of drug-likeness (QED) is 0.690. The Labute approximate surface area is 156 Å². The molecule has 7 heteroatoms. The van der Waals surface area contributed by atoms with E-state index in [0.717, 1.165) is 30.6 Å². The molecule has 4 rings (SSSR count). The molecular weight excluding hydrogens is 352 g/mol. The van der Waals surface area contributed by atoms with Crippen molar-refractivity contribution >= 4 is 17.5 Å². The van der Waals surface area contributed by atoms with Crippen LogP contribution in [0.1, 0.15) is 42.0 Å². The fourth-order valence-electron chi connectivity index (χ4n) is 3.48. The monoisotopic (exact) mass is 370 g/mol. The van der Waals surface area contributed by atoms with Crippen LogP contribution in [0.3, 0.4) is 0 Å². The Morgan fingerprint density at radius 3 is 2.88 bits per heavy atom. The molecule has 2 aromatic heterocycles. The van der Waals surface area contributed by atoms with E-state index in [-0.39, 0.29) is 11.9 Å². The van der Waals surface area contributed by atoms with Gasteiger partial charge in [-0.2, -0.15) is 5.10 Å². The van der Waals surface area contributed by atoms with Crippen LogP contribution < -0.4 is 0 Å². The highest BCUT2D eigenvalue weighted by Gasteiger charge is 2.33. The van der Waals surface area contributed by atoms with E-state index < -0.39 is 0 Å². The van der Waals surface area contributed by atoms with Gasteiger partial charge < -0.3 is 9.42 Å². The highest BCUT2D eigenvalue weighted by molar-refractivity contribution is 6.30. The molecule has 6 nitrogen and oxygen atoms in total. The summed E-state index contributed by atoms with van der Waals surface area (Å²) in [6.45, 7) is 3.54. The summed E-state index contributed by atoms with van der Waals surface area (Å²) in [5.41, 5.74) is 2.23. The number of carbonyl (C=O) groups excluding carboxylic acids is 1. The molecule has 0 unspecified atom stereocenters. The van der Waals surface area contributed by atoms with Gasteiger partial charge in [0.15, 0.2) is 11.5 Å². The van der Waals surface area contributed by atoms with Gasteiger partial charge in [-0.3, -0.25) is 9.48 Å². The Hall–Kier alpha value is -2.60. The molecule has 3 aromatic rings. The van der Waals surface area contributed by atoms with E-state index in [1.165, 1.54) is 0 Å². The van der Waals surface area contributed by atoms with E-state index in [1.54, 1.807) is 24.4 Å². The number of hydrogen-bond acceptors (Lipinski definition) is 4. The maximum atomic E-state index is 13.0. The minimum atomic E-state index is -0.111. The van der Waals surface area contributed by atoms with Crippen molar-refractivity contribution in [1.82, 2.24) is 19.8 Å². The van der Waals surface area contributed by atoms with Crippen molar-refractivity contribution in [2.24, 2.45) is 0 Å². The predicted octanol–water partition coefficient (Wildman–Crippen LogP) is 4.19. The molecule has 1 aromatic carbocycles. The summed E-state index contributed by atoms with van der Waals surface area (Å²) in [5, 5.41) is 8.98. The van der Waals surface area contributed by atoms with E-state index in [1.807, 2.05) is 34.7 Å². The van der Waals surface area contributed by atoms with E-state index in [4.69, 9.17) is 16.1 Å². The lowest BCUT2D eigenvalue weighted by atomic mass is 10.1. The van der Waals surface area contributed by atoms with Crippen LogP contribution in [-0.4, -0.2) is 32.3 Å². The van der Waals surface area contributed by atoms with E-state index in [0.29, 0.717) is 23.0 Å². The molecule has 1 saturated heterocycles. The molecule has 1 fully saturated rings. The third kappa shape index (κ3) is 3.01. The summed E-state index contributed by atoms with van der Waals surface area (Å²) >= 11 is 5.92. The first-order valence-electron chi connectivity index (χ1n) is 8.72. The first-order chi connectivity index (χ1) is 12.7. The van der Waals surface area contributed by atoms with Gasteiger partial charge in [-0.05, 0) is 50.1 Å². The number of carbonyl (C=O) groups is 1. The van der Waals surface area contributed by atoms with Crippen LogP contribution in [0.25, 0.3) is 11.3 Å². The zero-order chi connectivity index (χ0) is 18.1. The van der Waals surface area contributed by atoms with Crippen LogP contribution in [0.5, 0.6) is 0 Å². The maximum Gasteiger partial charge on any atom is 0.276 e. The number of amides is 1. The summed E-state index contributed by atoms with van der Waals surface area (Å²) in [5.74, 6) is 0.444. The van der Waals surface area contributed by atoms with Gasteiger partial charge in [0.25, 0.3) is 5.91 Å². The van der Waals surface area contributed by atoms with Crippen LogP contribution in [0.4, 0.5) is 0 Å². The standard InChI is InChI=1S/C19H19ClN4O2/c1-2-24-17(9-10-21-24)16-4-3-11-23(16)19(25)15-12-18(26-22-15)13-5-7-14(20)8-6-13/h5-10,12,16H,2-4,11H2,1H3/t16-/m0/s1. The van der Waals surface area contributed by atoms with Crippen molar-refractivity contribution in [3.8, 4) is 11.3 Å². The number of aromatic nitrogens is 3. The fraction of sp³-hybridized carbons (Fsp3) is 0.316. The zero-order valence-corrected chi connectivity index (χ0v) is 15.2. The predicted molar refractivity (Wildman–Crippen MR) is 97.9 cm³/mol. The Balaban J connectivity index is 1.58. The Morgan fingerprint density at radius 2 is 2.12 bits per heavy atom. The summed E-state index contributed by atoms with van der Waals surface area (Å²) in [6, 6.07) is 11.0. The SMILES string of the molecule is CCn1nccc1[C@@H]1CCCN1C(=O)c1cc(-c2ccc(Cl)cc2)on1. The summed E-state index contributed by atoms with van der Waals surface area (Å²) in [6.07, 6.45) is 3.68. The number of likely N-dealkylation sites (tertiary alicyclic amines) is 1. The van der Waals surface area contributed by atoms with E-state index in [2.05, 4.69) is 10.3 Å². The molecule has 0 bridgehead atoms. The number of nitrogens with zero attached hydrogens (tertiary/aromatic N) is 4. The molecule has 0 saturated carbocycles. The van der Waals surface area contributed by atoms with E-state index in [9.17, 15) is 4.79 Å². The minimum absolute atomic E-state index is 0.0284. The van der Waals surface area contributed by atoms with Gasteiger partial charge >= 0.3 is 0 Å². The molecule has 1 aliphatic rings. The number of aryl methyl sites for hydroxylation is 1. The maximum absolute atomic E-state index is 13.0. The third-order valence-electron chi connectivity index (χ3n) is 4.76. The largest absolute Gasteiger partial charge is 0.355 e. The highest BCUT2D eigenvalue weighted by atomic mass is 35.5. The number of benzene rings is 1. The second-order valence-electron chi connectivity index (χ2n) is 6.31. The van der Waals surface area contributed by atoms with Crippen molar-refractivity contribution in [3.05, 3.63) is 59.0 Å². The molecule has 1 aliphatic heterocycles. The molecule has 0 aliphatic carbocycles. The molecular formula is C19H19ClN4O2. The number of rotatable bonds is 4. The third-order valence-corrected chi connectivity index (χ3v) is 5.01. The average molecular weight is 371 g/mol. The minimum Gasteiger partial charge on any atom is -0.355 e. The molecule has 0 N–H and O–H groups in total. The van der Waals surface area contributed by atoms with Crippen LogP contribution >= 0.6 is 11.6 Å². The van der Waals surface area contributed by atoms with E-state index >= 15 is 0 Å². The first kappa shape index (κ1) is 16.8. The van der Waals surface area contributed by atoms with Gasteiger partial charge in [0.1, 0.15) is 0 Å².